The van der Waals surface area contributed by atoms with E-state index in [0.717, 1.165) is 6.42 Å². The Hall–Kier alpha value is -0.990. The molecule has 0 aliphatic carbocycles. The molecule has 0 heterocycles. The number of hydrogen-bond acceptors (Lipinski definition) is 2. The molecule has 1 amide bonds. The number of rotatable bonds is 3. The van der Waals surface area contributed by atoms with Gasteiger partial charge in [0.1, 0.15) is 5.60 Å². The van der Waals surface area contributed by atoms with E-state index in [1.807, 2.05) is 34.6 Å². The molecule has 0 rings (SSSR count). The highest BCUT2D eigenvalue weighted by atomic mass is 16.6. The maximum Gasteiger partial charge on any atom is 0.410 e. The van der Waals surface area contributed by atoms with E-state index in [1.54, 1.807) is 18.0 Å². The minimum Gasteiger partial charge on any atom is -0.444 e. The summed E-state index contributed by atoms with van der Waals surface area (Å²) >= 11 is 0. The van der Waals surface area contributed by atoms with Gasteiger partial charge in [0.25, 0.3) is 0 Å². The summed E-state index contributed by atoms with van der Waals surface area (Å²) in [6, 6.07) is 0. The van der Waals surface area contributed by atoms with Crippen molar-refractivity contribution < 1.29 is 9.53 Å². The van der Waals surface area contributed by atoms with Crippen LogP contribution in [0.25, 0.3) is 0 Å². The van der Waals surface area contributed by atoms with Crippen molar-refractivity contribution in [2.45, 2.75) is 52.2 Å². The summed E-state index contributed by atoms with van der Waals surface area (Å²) in [5.41, 5.74) is -0.709. The second-order valence-corrected chi connectivity index (χ2v) is 5.34. The van der Waals surface area contributed by atoms with Gasteiger partial charge >= 0.3 is 6.09 Å². The molecule has 0 aromatic rings. The molecule has 0 atom stereocenters. The van der Waals surface area contributed by atoms with E-state index in [-0.39, 0.29) is 11.6 Å². The molecule has 0 fully saturated rings. The standard InChI is InChI=1S/C12H23NO2/c1-8-9-12(5,6)13(7)10(14)15-11(2,3)4/h8H,1,9H2,2-7H3. The van der Waals surface area contributed by atoms with Gasteiger partial charge in [-0.15, -0.1) is 6.58 Å². The van der Waals surface area contributed by atoms with Crippen molar-refractivity contribution in [3.05, 3.63) is 12.7 Å². The van der Waals surface area contributed by atoms with Gasteiger partial charge in [0.15, 0.2) is 0 Å². The van der Waals surface area contributed by atoms with Gasteiger partial charge in [-0.3, -0.25) is 0 Å². The zero-order chi connectivity index (χ0) is 12.3. The first-order valence-corrected chi connectivity index (χ1v) is 5.18. The monoisotopic (exact) mass is 213 g/mol. The minimum atomic E-state index is -0.449. The average molecular weight is 213 g/mol. The first-order chi connectivity index (χ1) is 6.60. The Morgan fingerprint density at radius 1 is 1.33 bits per heavy atom. The molecule has 0 aliphatic rings. The number of carbonyl (C=O) groups is 1. The van der Waals surface area contributed by atoms with Crippen molar-refractivity contribution in [3.8, 4) is 0 Å². The first-order valence-electron chi connectivity index (χ1n) is 5.18. The van der Waals surface area contributed by atoms with Gasteiger partial charge in [0, 0.05) is 12.6 Å². The minimum absolute atomic E-state index is 0.260. The van der Waals surface area contributed by atoms with Crippen LogP contribution in [0.1, 0.15) is 41.0 Å². The molecule has 88 valence electrons. The van der Waals surface area contributed by atoms with Gasteiger partial charge in [-0.25, -0.2) is 4.79 Å². The van der Waals surface area contributed by atoms with E-state index in [2.05, 4.69) is 6.58 Å². The van der Waals surface area contributed by atoms with Crippen LogP contribution in [-0.4, -0.2) is 29.2 Å². The van der Waals surface area contributed by atoms with Crippen molar-refractivity contribution in [1.29, 1.82) is 0 Å². The summed E-state index contributed by atoms with van der Waals surface area (Å²) in [5, 5.41) is 0. The van der Waals surface area contributed by atoms with Crippen LogP contribution in [0, 0.1) is 0 Å². The Bertz CT molecular complexity index is 238. The van der Waals surface area contributed by atoms with Crippen LogP contribution in [0.5, 0.6) is 0 Å². The van der Waals surface area contributed by atoms with Gasteiger partial charge < -0.3 is 9.64 Å². The van der Waals surface area contributed by atoms with Gasteiger partial charge in [-0.05, 0) is 41.0 Å². The molecule has 0 radical (unpaired) electrons. The molecule has 15 heavy (non-hydrogen) atoms. The van der Waals surface area contributed by atoms with Crippen LogP contribution in [-0.2, 0) is 4.74 Å². The Morgan fingerprint density at radius 3 is 2.13 bits per heavy atom. The van der Waals surface area contributed by atoms with E-state index in [9.17, 15) is 4.79 Å². The van der Waals surface area contributed by atoms with Crippen LogP contribution < -0.4 is 0 Å². The molecular formula is C12H23NO2. The zero-order valence-corrected chi connectivity index (χ0v) is 10.8. The lowest BCUT2D eigenvalue weighted by Gasteiger charge is -2.36. The van der Waals surface area contributed by atoms with E-state index < -0.39 is 5.60 Å². The molecule has 0 aliphatic heterocycles. The summed E-state index contributed by atoms with van der Waals surface area (Å²) in [5.74, 6) is 0. The Labute approximate surface area is 93.1 Å². The van der Waals surface area contributed by atoms with Crippen LogP contribution in [0.4, 0.5) is 4.79 Å². The van der Waals surface area contributed by atoms with E-state index in [1.165, 1.54) is 0 Å². The molecule has 0 spiro atoms. The predicted octanol–water partition coefficient (Wildman–Crippen LogP) is 3.21. The summed E-state index contributed by atoms with van der Waals surface area (Å²) < 4.78 is 5.28. The molecule has 0 saturated carbocycles. The smallest absolute Gasteiger partial charge is 0.410 e. The molecule has 0 bridgehead atoms. The zero-order valence-electron chi connectivity index (χ0n) is 10.8. The second kappa shape index (κ2) is 4.69. The van der Waals surface area contributed by atoms with Gasteiger partial charge in [0.2, 0.25) is 0 Å². The fraction of sp³-hybridized carbons (Fsp3) is 0.750. The lowest BCUT2D eigenvalue weighted by atomic mass is 9.99. The van der Waals surface area contributed by atoms with Gasteiger partial charge in [0.05, 0.1) is 0 Å². The molecule has 0 aromatic heterocycles. The van der Waals surface area contributed by atoms with Crippen molar-refractivity contribution >= 4 is 6.09 Å². The summed E-state index contributed by atoms with van der Waals surface area (Å²) in [7, 11) is 1.75. The maximum atomic E-state index is 11.7. The molecule has 0 saturated heterocycles. The SMILES string of the molecule is C=CCC(C)(C)N(C)C(=O)OC(C)(C)C. The number of ether oxygens (including phenoxy) is 1. The van der Waals surface area contributed by atoms with Crippen molar-refractivity contribution in [3.63, 3.8) is 0 Å². The third kappa shape index (κ3) is 4.86. The second-order valence-electron chi connectivity index (χ2n) is 5.34. The highest BCUT2D eigenvalue weighted by Crippen LogP contribution is 2.20. The normalized spacial score (nSPS) is 12.1. The molecular weight excluding hydrogens is 190 g/mol. The molecule has 3 nitrogen and oxygen atoms in total. The van der Waals surface area contributed by atoms with Gasteiger partial charge in [-0.2, -0.15) is 0 Å². The highest BCUT2D eigenvalue weighted by Gasteiger charge is 2.29. The predicted molar refractivity (Wildman–Crippen MR) is 62.9 cm³/mol. The molecule has 0 aromatic carbocycles. The number of nitrogens with zero attached hydrogens (tertiary/aromatic N) is 1. The summed E-state index contributed by atoms with van der Waals surface area (Å²) in [4.78, 5) is 13.4. The lowest BCUT2D eigenvalue weighted by Crippen LogP contribution is -2.46. The summed E-state index contributed by atoms with van der Waals surface area (Å²) in [6.07, 6.45) is 2.25. The van der Waals surface area contributed by atoms with Crippen LogP contribution in [0.3, 0.4) is 0 Å². The third-order valence-corrected chi connectivity index (χ3v) is 2.22. The number of amides is 1. The van der Waals surface area contributed by atoms with Crippen LogP contribution >= 0.6 is 0 Å². The third-order valence-electron chi connectivity index (χ3n) is 2.22. The summed E-state index contributed by atoms with van der Waals surface area (Å²) in [6.45, 7) is 13.2. The van der Waals surface area contributed by atoms with Crippen LogP contribution in [0.2, 0.25) is 0 Å². The maximum absolute atomic E-state index is 11.7. The van der Waals surface area contributed by atoms with Crippen molar-refractivity contribution in [2.75, 3.05) is 7.05 Å². The fourth-order valence-electron chi connectivity index (χ4n) is 1.07. The Morgan fingerprint density at radius 2 is 1.80 bits per heavy atom. The highest BCUT2D eigenvalue weighted by molar-refractivity contribution is 5.68. The first kappa shape index (κ1) is 14.0. The molecule has 3 heteroatoms. The van der Waals surface area contributed by atoms with E-state index >= 15 is 0 Å². The fourth-order valence-corrected chi connectivity index (χ4v) is 1.07. The largest absolute Gasteiger partial charge is 0.444 e. The number of carbonyl (C=O) groups excluding carboxylic acids is 1. The number of hydrogen-bond donors (Lipinski definition) is 0. The topological polar surface area (TPSA) is 29.5 Å². The molecule has 0 N–H and O–H groups in total. The lowest BCUT2D eigenvalue weighted by molar-refractivity contribution is 0.0116. The Kier molecular flexibility index (Phi) is 4.38. The Balaban J connectivity index is 4.50. The van der Waals surface area contributed by atoms with E-state index in [4.69, 9.17) is 4.74 Å². The van der Waals surface area contributed by atoms with E-state index in [0.29, 0.717) is 0 Å². The van der Waals surface area contributed by atoms with Crippen LogP contribution in [0.15, 0.2) is 12.7 Å². The average Bonchev–Trinajstić information content (AvgIpc) is 1.99. The van der Waals surface area contributed by atoms with Crippen molar-refractivity contribution in [1.82, 2.24) is 4.90 Å². The quantitative estimate of drug-likeness (QED) is 0.674. The van der Waals surface area contributed by atoms with Crippen molar-refractivity contribution in [2.24, 2.45) is 0 Å². The molecule has 0 unspecified atom stereocenters. The van der Waals surface area contributed by atoms with Gasteiger partial charge in [-0.1, -0.05) is 6.08 Å².